The Bertz CT molecular complexity index is 840. The average molecular weight is 348 g/mol. The van der Waals surface area contributed by atoms with Crippen LogP contribution in [-0.2, 0) is 0 Å². The van der Waals surface area contributed by atoms with Gasteiger partial charge >= 0.3 is 11.9 Å². The highest BCUT2D eigenvalue weighted by Crippen LogP contribution is 2.41. The molecular formula is C16H12O5S2. The van der Waals surface area contributed by atoms with Crippen LogP contribution in [0.1, 0.15) is 29.1 Å². The van der Waals surface area contributed by atoms with Gasteiger partial charge in [-0.05, 0) is 37.1 Å². The molecule has 3 aromatic rings. The van der Waals surface area contributed by atoms with Crippen molar-refractivity contribution in [3.63, 3.8) is 0 Å². The first kappa shape index (κ1) is 15.5. The van der Waals surface area contributed by atoms with Crippen molar-refractivity contribution in [1.82, 2.24) is 0 Å². The normalized spacial score (nSPS) is 10.9. The second-order valence-electron chi connectivity index (χ2n) is 4.97. The van der Waals surface area contributed by atoms with E-state index in [0.29, 0.717) is 0 Å². The zero-order valence-corrected chi connectivity index (χ0v) is 13.9. The molecule has 0 bridgehead atoms. The molecule has 0 aromatic carbocycles. The Morgan fingerprint density at radius 3 is 1.52 bits per heavy atom. The minimum absolute atomic E-state index is 0.262. The second-order valence-corrected chi connectivity index (χ2v) is 7.48. The van der Waals surface area contributed by atoms with Crippen molar-refractivity contribution in [3.05, 3.63) is 44.2 Å². The third kappa shape index (κ3) is 2.69. The van der Waals surface area contributed by atoms with Crippen LogP contribution in [0.5, 0.6) is 0 Å². The molecule has 0 spiro atoms. The summed E-state index contributed by atoms with van der Waals surface area (Å²) in [6.45, 7) is 3.71. The predicted octanol–water partition coefficient (Wildman–Crippen LogP) is 4.75. The van der Waals surface area contributed by atoms with E-state index in [1.54, 1.807) is 24.7 Å². The van der Waals surface area contributed by atoms with Crippen LogP contribution in [0.2, 0.25) is 0 Å². The second kappa shape index (κ2) is 5.68. The van der Waals surface area contributed by atoms with E-state index in [2.05, 4.69) is 0 Å². The molecule has 2 N–H and O–H groups in total. The van der Waals surface area contributed by atoms with Crippen molar-refractivity contribution in [2.75, 3.05) is 0 Å². The quantitative estimate of drug-likeness (QED) is 0.710. The molecule has 0 radical (unpaired) electrons. The van der Waals surface area contributed by atoms with Gasteiger partial charge in [-0.2, -0.15) is 0 Å². The van der Waals surface area contributed by atoms with E-state index < -0.39 is 11.9 Å². The minimum atomic E-state index is -0.964. The van der Waals surface area contributed by atoms with E-state index in [1.807, 2.05) is 13.8 Å². The fourth-order valence-electron chi connectivity index (χ4n) is 2.42. The number of hydrogen-bond acceptors (Lipinski definition) is 5. The summed E-state index contributed by atoms with van der Waals surface area (Å²) in [5.74, 6) is -1.93. The lowest BCUT2D eigenvalue weighted by Gasteiger charge is -2.01. The lowest BCUT2D eigenvalue weighted by molar-refractivity contribution is 0.0691. The molecule has 0 unspecified atom stereocenters. The number of carbonyl (C=O) groups is 2. The van der Waals surface area contributed by atoms with Crippen molar-refractivity contribution in [1.29, 1.82) is 0 Å². The Hall–Kier alpha value is -2.38. The lowest BCUT2D eigenvalue weighted by Crippen LogP contribution is -1.90. The van der Waals surface area contributed by atoms with Gasteiger partial charge in [-0.15, -0.1) is 22.7 Å². The summed E-state index contributed by atoms with van der Waals surface area (Å²) in [5, 5.41) is 18.3. The highest BCUT2D eigenvalue weighted by molar-refractivity contribution is 7.14. The van der Waals surface area contributed by atoms with Crippen LogP contribution in [0.15, 0.2) is 29.1 Å². The maximum Gasteiger partial charge on any atom is 0.345 e. The maximum absolute atomic E-state index is 11.1. The van der Waals surface area contributed by atoms with Crippen LogP contribution in [0.4, 0.5) is 0 Å². The summed E-state index contributed by atoms with van der Waals surface area (Å²) < 4.78 is 5.32. The molecule has 0 amide bonds. The maximum atomic E-state index is 11.1. The highest BCUT2D eigenvalue weighted by Gasteiger charge is 2.20. The summed E-state index contributed by atoms with van der Waals surface area (Å²) in [4.78, 5) is 24.6. The SMILES string of the molecule is Cc1sc(C(=O)O)cc1-c1cocc1-c1cc(C(=O)O)sc1C. The molecule has 0 saturated carbocycles. The Kier molecular flexibility index (Phi) is 3.83. The Morgan fingerprint density at radius 2 is 1.22 bits per heavy atom. The predicted molar refractivity (Wildman–Crippen MR) is 88.7 cm³/mol. The molecular weight excluding hydrogens is 336 g/mol. The summed E-state index contributed by atoms with van der Waals surface area (Å²) in [7, 11) is 0. The topological polar surface area (TPSA) is 87.7 Å². The van der Waals surface area contributed by atoms with Gasteiger partial charge in [-0.25, -0.2) is 9.59 Å². The molecule has 0 fully saturated rings. The first-order valence-electron chi connectivity index (χ1n) is 6.63. The molecule has 0 saturated heterocycles. The number of aromatic carboxylic acids is 2. The van der Waals surface area contributed by atoms with Crippen molar-refractivity contribution in [2.24, 2.45) is 0 Å². The Balaban J connectivity index is 2.14. The van der Waals surface area contributed by atoms with Crippen LogP contribution in [0.3, 0.4) is 0 Å². The zero-order valence-electron chi connectivity index (χ0n) is 12.2. The molecule has 0 aliphatic rings. The smallest absolute Gasteiger partial charge is 0.345 e. The largest absolute Gasteiger partial charge is 0.477 e. The number of furan rings is 1. The van der Waals surface area contributed by atoms with E-state index in [1.165, 1.54) is 22.7 Å². The lowest BCUT2D eigenvalue weighted by atomic mass is 10.00. The molecule has 5 nitrogen and oxygen atoms in total. The van der Waals surface area contributed by atoms with Crippen LogP contribution in [-0.4, -0.2) is 22.2 Å². The van der Waals surface area contributed by atoms with Crippen molar-refractivity contribution in [3.8, 4) is 22.3 Å². The van der Waals surface area contributed by atoms with Gasteiger partial charge in [0, 0.05) is 20.9 Å². The van der Waals surface area contributed by atoms with Crippen LogP contribution >= 0.6 is 22.7 Å². The minimum Gasteiger partial charge on any atom is -0.477 e. The van der Waals surface area contributed by atoms with Gasteiger partial charge in [0.25, 0.3) is 0 Å². The molecule has 3 aromatic heterocycles. The summed E-state index contributed by atoms with van der Waals surface area (Å²) in [5.41, 5.74) is 3.12. The fraction of sp³-hybridized carbons (Fsp3) is 0.125. The van der Waals surface area contributed by atoms with Gasteiger partial charge < -0.3 is 14.6 Å². The zero-order chi connectivity index (χ0) is 16.7. The van der Waals surface area contributed by atoms with Crippen LogP contribution < -0.4 is 0 Å². The molecule has 0 aliphatic carbocycles. The molecule has 0 atom stereocenters. The van der Waals surface area contributed by atoms with Gasteiger partial charge in [0.1, 0.15) is 9.75 Å². The van der Waals surface area contributed by atoms with E-state index in [-0.39, 0.29) is 9.75 Å². The number of aryl methyl sites for hydroxylation is 2. The monoisotopic (exact) mass is 348 g/mol. The first-order valence-corrected chi connectivity index (χ1v) is 8.26. The molecule has 0 aliphatic heterocycles. The van der Waals surface area contributed by atoms with Gasteiger partial charge in [0.2, 0.25) is 0 Å². The Morgan fingerprint density at radius 1 is 0.826 bits per heavy atom. The van der Waals surface area contributed by atoms with Gasteiger partial charge in [-0.3, -0.25) is 0 Å². The number of thiophene rings is 2. The summed E-state index contributed by atoms with van der Waals surface area (Å²) in [6.07, 6.45) is 3.13. The molecule has 3 rings (SSSR count). The van der Waals surface area contributed by atoms with Crippen molar-refractivity contribution < 1.29 is 24.2 Å². The standard InChI is InChI=1S/C16H12O5S2/c1-7-9(3-13(22-7)15(17)18)11-5-21-6-12(11)10-4-14(16(19)20)23-8(10)2/h3-6H,1-2H3,(H,17,18)(H,19,20). The molecule has 118 valence electrons. The highest BCUT2D eigenvalue weighted by atomic mass is 32.1. The Labute approximate surface area is 139 Å². The number of carboxylic acid groups (broad SMARTS) is 2. The first-order chi connectivity index (χ1) is 10.9. The van der Waals surface area contributed by atoms with Crippen LogP contribution in [0, 0.1) is 13.8 Å². The summed E-state index contributed by atoms with van der Waals surface area (Å²) >= 11 is 2.41. The van der Waals surface area contributed by atoms with Crippen LogP contribution in [0.25, 0.3) is 22.3 Å². The van der Waals surface area contributed by atoms with E-state index in [4.69, 9.17) is 14.6 Å². The van der Waals surface area contributed by atoms with Gasteiger partial charge in [0.15, 0.2) is 0 Å². The number of rotatable bonds is 4. The third-order valence-corrected chi connectivity index (χ3v) is 5.58. The van der Waals surface area contributed by atoms with Crippen molar-refractivity contribution >= 4 is 34.6 Å². The fourth-order valence-corrected chi connectivity index (χ4v) is 4.17. The average Bonchev–Trinajstić information content (AvgIpc) is 3.15. The van der Waals surface area contributed by atoms with Gasteiger partial charge in [-0.1, -0.05) is 0 Å². The van der Waals surface area contributed by atoms with Gasteiger partial charge in [0.05, 0.1) is 12.5 Å². The molecule has 7 heteroatoms. The van der Waals surface area contributed by atoms with E-state index in [9.17, 15) is 9.59 Å². The molecule has 23 heavy (non-hydrogen) atoms. The molecule has 3 heterocycles. The van der Waals surface area contributed by atoms with E-state index in [0.717, 1.165) is 32.0 Å². The third-order valence-electron chi connectivity index (χ3n) is 3.50. The van der Waals surface area contributed by atoms with E-state index >= 15 is 0 Å². The number of hydrogen-bond donors (Lipinski definition) is 2. The number of carboxylic acids is 2. The summed E-state index contributed by atoms with van der Waals surface area (Å²) in [6, 6.07) is 3.24. The van der Waals surface area contributed by atoms with Crippen molar-refractivity contribution in [2.45, 2.75) is 13.8 Å².